The molecule has 0 saturated heterocycles. The third-order valence-electron chi connectivity index (χ3n) is 4.74. The van der Waals surface area contributed by atoms with Crippen molar-refractivity contribution < 1.29 is 0 Å². The van der Waals surface area contributed by atoms with Crippen LogP contribution in [-0.4, -0.2) is 18.0 Å². The van der Waals surface area contributed by atoms with Gasteiger partial charge in [0.1, 0.15) is 0 Å². The Labute approximate surface area is 176 Å². The highest BCUT2D eigenvalue weighted by Crippen LogP contribution is 2.14. The highest BCUT2D eigenvalue weighted by molar-refractivity contribution is 9.10. The van der Waals surface area contributed by atoms with Gasteiger partial charge in [-0.05, 0) is 57.1 Å². The fourth-order valence-electron chi connectivity index (χ4n) is 3.57. The molecule has 0 unspecified atom stereocenters. The summed E-state index contributed by atoms with van der Waals surface area (Å²) < 4.78 is 2.14. The van der Waals surface area contributed by atoms with E-state index in [-0.39, 0.29) is 0 Å². The van der Waals surface area contributed by atoms with Gasteiger partial charge in [0.15, 0.2) is 8.07 Å². The van der Waals surface area contributed by atoms with E-state index in [1.807, 2.05) is 36.9 Å². The number of hydrogen-bond donors (Lipinski definition) is 0. The average Bonchev–Trinajstić information content (AvgIpc) is 2.73. The first-order valence-electron chi connectivity index (χ1n) is 8.54. The molecule has 4 rings (SSSR count). The van der Waals surface area contributed by atoms with Crippen molar-refractivity contribution in [2.45, 2.75) is 0 Å². The van der Waals surface area contributed by atoms with Gasteiger partial charge in [0, 0.05) is 33.7 Å². The van der Waals surface area contributed by atoms with Gasteiger partial charge in [0.2, 0.25) is 0 Å². The van der Waals surface area contributed by atoms with Crippen LogP contribution < -0.4 is 20.7 Å². The summed E-state index contributed by atoms with van der Waals surface area (Å²) in [6.07, 6.45) is 7.66. The predicted octanol–water partition coefficient (Wildman–Crippen LogP) is 3.38. The maximum absolute atomic E-state index is 4.46. The summed E-state index contributed by atoms with van der Waals surface area (Å²) >= 11 is 7.15. The van der Waals surface area contributed by atoms with Crippen molar-refractivity contribution in [1.82, 2.24) is 9.97 Å². The fraction of sp³-hybridized carbons (Fsp3) is 0. The third kappa shape index (κ3) is 3.42. The lowest BCUT2D eigenvalue weighted by Gasteiger charge is -2.33. The van der Waals surface area contributed by atoms with Gasteiger partial charge in [-0.25, -0.2) is 0 Å². The molecule has 0 aliphatic carbocycles. The summed E-state index contributed by atoms with van der Waals surface area (Å²) in [4.78, 5) is 8.92. The smallest absolute Gasteiger partial charge is 0.182 e. The van der Waals surface area contributed by atoms with Crippen molar-refractivity contribution >= 4 is 60.7 Å². The van der Waals surface area contributed by atoms with Crippen LogP contribution >= 0.6 is 31.9 Å². The number of pyridine rings is 2. The Bertz CT molecular complexity index is 934. The van der Waals surface area contributed by atoms with Crippen molar-refractivity contribution in [2.24, 2.45) is 0 Å². The molecule has 2 nitrogen and oxygen atoms in total. The van der Waals surface area contributed by atoms with Gasteiger partial charge in [-0.2, -0.15) is 0 Å². The standard InChI is InChI=1S/C22H16Br2N2Si/c23-17-5-9-19(10-6-17)27(21-3-1-13-25-15-21,22-4-2-14-26-16-22)20-11-7-18(24)8-12-20/h1-16H. The van der Waals surface area contributed by atoms with Crippen LogP contribution in [0, 0.1) is 0 Å². The average molecular weight is 496 g/mol. The molecule has 2 aromatic carbocycles. The molecule has 0 aliphatic rings. The van der Waals surface area contributed by atoms with Crippen molar-refractivity contribution in [3.63, 3.8) is 0 Å². The molecular weight excluding hydrogens is 480 g/mol. The molecule has 0 bridgehead atoms. The zero-order valence-electron chi connectivity index (χ0n) is 14.4. The number of rotatable bonds is 4. The highest BCUT2D eigenvalue weighted by atomic mass is 79.9. The Hall–Kier alpha value is -2.08. The summed E-state index contributed by atoms with van der Waals surface area (Å²) in [5.74, 6) is 0. The number of benzene rings is 2. The van der Waals surface area contributed by atoms with Gasteiger partial charge in [0.05, 0.1) is 0 Å². The summed E-state index contributed by atoms with van der Waals surface area (Å²) in [6.45, 7) is 0. The molecule has 0 N–H and O–H groups in total. The van der Waals surface area contributed by atoms with Crippen LogP contribution in [0.25, 0.3) is 0 Å². The number of nitrogens with zero attached hydrogens (tertiary/aromatic N) is 2. The first-order chi connectivity index (χ1) is 13.2. The largest absolute Gasteiger partial charge is 0.265 e. The molecule has 0 radical (unpaired) electrons. The highest BCUT2D eigenvalue weighted by Gasteiger charge is 2.41. The SMILES string of the molecule is Brc1ccc([Si](c2ccc(Br)cc2)(c2cccnc2)c2cccnc2)cc1. The second kappa shape index (κ2) is 7.88. The normalized spacial score (nSPS) is 11.3. The first kappa shape index (κ1) is 18.3. The first-order valence-corrected chi connectivity index (χ1v) is 12.1. The van der Waals surface area contributed by atoms with Crippen molar-refractivity contribution in [2.75, 3.05) is 0 Å². The molecule has 0 saturated carbocycles. The summed E-state index contributed by atoms with van der Waals surface area (Å²) in [5.41, 5.74) is 0. The zero-order chi connectivity index (χ0) is 18.7. The lowest BCUT2D eigenvalue weighted by atomic mass is 10.4. The summed E-state index contributed by atoms with van der Waals surface area (Å²) in [6, 6.07) is 25.8. The molecule has 27 heavy (non-hydrogen) atoms. The molecule has 2 aromatic heterocycles. The Kier molecular flexibility index (Phi) is 5.34. The Morgan fingerprint density at radius 3 is 1.26 bits per heavy atom. The quantitative estimate of drug-likeness (QED) is 0.405. The summed E-state index contributed by atoms with van der Waals surface area (Å²) in [7, 11) is -2.51. The number of halogens is 2. The molecule has 0 aliphatic heterocycles. The van der Waals surface area contributed by atoms with E-state index in [1.165, 1.54) is 20.7 Å². The van der Waals surface area contributed by atoms with Gasteiger partial charge in [-0.3, -0.25) is 9.97 Å². The Morgan fingerprint density at radius 1 is 0.519 bits per heavy atom. The molecular formula is C22H16Br2N2Si. The number of hydrogen-bond acceptors (Lipinski definition) is 2. The molecule has 5 heteroatoms. The van der Waals surface area contributed by atoms with E-state index in [0.29, 0.717) is 0 Å². The van der Waals surface area contributed by atoms with Crippen LogP contribution in [0.5, 0.6) is 0 Å². The lowest BCUT2D eigenvalue weighted by Crippen LogP contribution is -2.74. The number of aromatic nitrogens is 2. The fourth-order valence-corrected chi connectivity index (χ4v) is 8.66. The van der Waals surface area contributed by atoms with Gasteiger partial charge in [-0.15, -0.1) is 0 Å². The van der Waals surface area contributed by atoms with Crippen molar-refractivity contribution in [3.8, 4) is 0 Å². The topological polar surface area (TPSA) is 25.8 Å². The lowest BCUT2D eigenvalue weighted by molar-refractivity contribution is 1.34. The molecule has 0 atom stereocenters. The molecule has 4 aromatic rings. The van der Waals surface area contributed by atoms with Gasteiger partial charge in [-0.1, -0.05) is 68.3 Å². The van der Waals surface area contributed by atoms with Crippen LogP contribution in [0.4, 0.5) is 0 Å². The second-order valence-electron chi connectivity index (χ2n) is 6.25. The second-order valence-corrected chi connectivity index (χ2v) is 11.9. The molecule has 132 valence electrons. The maximum atomic E-state index is 4.46. The van der Waals surface area contributed by atoms with E-state index in [9.17, 15) is 0 Å². The minimum atomic E-state index is -2.51. The van der Waals surface area contributed by atoms with Crippen LogP contribution in [0.1, 0.15) is 0 Å². The van der Waals surface area contributed by atoms with Crippen molar-refractivity contribution in [3.05, 3.63) is 107 Å². The molecule has 0 amide bonds. The van der Waals surface area contributed by atoms with Gasteiger partial charge >= 0.3 is 0 Å². The zero-order valence-corrected chi connectivity index (χ0v) is 18.6. The van der Waals surface area contributed by atoms with Crippen LogP contribution in [0.2, 0.25) is 0 Å². The monoisotopic (exact) mass is 494 g/mol. The van der Waals surface area contributed by atoms with E-state index < -0.39 is 8.07 Å². The Morgan fingerprint density at radius 2 is 0.926 bits per heavy atom. The van der Waals surface area contributed by atoms with E-state index in [4.69, 9.17) is 0 Å². The summed E-state index contributed by atoms with van der Waals surface area (Å²) in [5, 5.41) is 5.08. The minimum Gasteiger partial charge on any atom is -0.265 e. The third-order valence-corrected chi connectivity index (χ3v) is 10.5. The molecule has 2 heterocycles. The Balaban J connectivity index is 2.11. The maximum Gasteiger partial charge on any atom is 0.182 e. The van der Waals surface area contributed by atoms with E-state index in [2.05, 4.69) is 102 Å². The predicted molar refractivity (Wildman–Crippen MR) is 121 cm³/mol. The van der Waals surface area contributed by atoms with E-state index in [1.54, 1.807) is 0 Å². The van der Waals surface area contributed by atoms with Crippen molar-refractivity contribution in [1.29, 1.82) is 0 Å². The molecule has 0 fully saturated rings. The molecule has 0 spiro atoms. The van der Waals surface area contributed by atoms with Gasteiger partial charge < -0.3 is 0 Å². The van der Waals surface area contributed by atoms with Crippen LogP contribution in [-0.2, 0) is 0 Å². The minimum absolute atomic E-state index is 1.07. The van der Waals surface area contributed by atoms with E-state index in [0.717, 1.165) is 8.95 Å². The van der Waals surface area contributed by atoms with Crippen LogP contribution in [0.15, 0.2) is 107 Å². The van der Waals surface area contributed by atoms with Gasteiger partial charge in [0.25, 0.3) is 0 Å². The van der Waals surface area contributed by atoms with E-state index >= 15 is 0 Å². The van der Waals surface area contributed by atoms with Crippen LogP contribution in [0.3, 0.4) is 0 Å².